The van der Waals surface area contributed by atoms with Gasteiger partial charge in [-0.2, -0.15) is 0 Å². The summed E-state index contributed by atoms with van der Waals surface area (Å²) in [7, 11) is 0. The van der Waals surface area contributed by atoms with Gasteiger partial charge in [-0.15, -0.1) is 0 Å². The van der Waals surface area contributed by atoms with Crippen molar-refractivity contribution in [3.05, 3.63) is 95.6 Å². The van der Waals surface area contributed by atoms with Crippen molar-refractivity contribution in [1.29, 1.82) is 0 Å². The average Bonchev–Trinajstić information content (AvgIpc) is 3.76. The number of hydrogen-bond donors (Lipinski definition) is 4. The van der Waals surface area contributed by atoms with Crippen molar-refractivity contribution >= 4 is 39.3 Å². The van der Waals surface area contributed by atoms with E-state index in [0.717, 1.165) is 72.0 Å². The van der Waals surface area contributed by atoms with Gasteiger partial charge in [0.05, 0.1) is 22.2 Å². The maximum atomic E-state index is 14.5. The molecule has 1 saturated carbocycles. The van der Waals surface area contributed by atoms with Gasteiger partial charge in [-0.3, -0.25) is 4.79 Å². The van der Waals surface area contributed by atoms with E-state index in [0.29, 0.717) is 24.4 Å². The van der Waals surface area contributed by atoms with E-state index < -0.39 is 11.6 Å². The number of hydrogen-bond acceptors (Lipinski definition) is 10. The molecule has 13 heteroatoms. The van der Waals surface area contributed by atoms with Gasteiger partial charge in [0.1, 0.15) is 34.8 Å². The second-order valence-electron chi connectivity index (χ2n) is 14.8. The first-order valence-electron chi connectivity index (χ1n) is 18.6. The lowest BCUT2D eigenvalue weighted by Gasteiger charge is -2.21. The number of nitrogens with two attached hydrogens (primary N) is 1. The maximum Gasteiger partial charge on any atom is 0.223 e. The van der Waals surface area contributed by atoms with Crippen LogP contribution < -0.4 is 20.9 Å². The number of fused-ring (bicyclic) bond motifs is 2. The number of anilines is 2. The number of aromatic nitrogens is 4. The molecule has 4 aromatic carbocycles. The average molecular weight is 745 g/mol. The van der Waals surface area contributed by atoms with Crippen molar-refractivity contribution in [2.45, 2.75) is 51.6 Å². The van der Waals surface area contributed by atoms with Gasteiger partial charge in [0.25, 0.3) is 0 Å². The van der Waals surface area contributed by atoms with Crippen LogP contribution in [0.2, 0.25) is 0 Å². The van der Waals surface area contributed by atoms with Gasteiger partial charge in [-0.25, -0.2) is 28.7 Å². The zero-order valence-electron chi connectivity index (χ0n) is 30.6. The lowest BCUT2D eigenvalue weighted by molar-refractivity contribution is -0.122. The van der Waals surface area contributed by atoms with Crippen molar-refractivity contribution in [3.63, 3.8) is 0 Å². The lowest BCUT2D eigenvalue weighted by Crippen LogP contribution is -2.38. The van der Waals surface area contributed by atoms with E-state index in [4.69, 9.17) is 5.73 Å². The van der Waals surface area contributed by atoms with Crippen LogP contribution in [0, 0.1) is 31.4 Å². The fraction of sp³-hybridized carbons (Fsp3) is 0.310. The Balaban J connectivity index is 0.000000158. The third-order valence-corrected chi connectivity index (χ3v) is 10.4. The van der Waals surface area contributed by atoms with Gasteiger partial charge in [-0.05, 0) is 99.2 Å². The van der Waals surface area contributed by atoms with E-state index in [1.54, 1.807) is 0 Å². The van der Waals surface area contributed by atoms with E-state index >= 15 is 0 Å². The molecule has 3 aliphatic rings. The number of benzene rings is 4. The third-order valence-electron chi connectivity index (χ3n) is 10.4. The Kier molecular flexibility index (Phi) is 9.64. The third kappa shape index (κ3) is 7.44. The minimum Gasteiger partial charge on any atom is -0.507 e. The van der Waals surface area contributed by atoms with Crippen molar-refractivity contribution in [3.8, 4) is 34.3 Å². The molecule has 2 aromatic heterocycles. The van der Waals surface area contributed by atoms with Crippen molar-refractivity contribution in [1.82, 2.24) is 25.3 Å². The molecule has 0 radical (unpaired) electrons. The summed E-state index contributed by atoms with van der Waals surface area (Å²) in [6, 6.07) is 20.4. The standard InChI is InChI=1S/C23H23FN4O2.C19H19FN4O/c1-13-5-8-16-18(11-13)26-21(20-17(24)3-2-4-19(20)29)27-22(16)28-10-9-15(12-28)25-23(30)14-6-7-14;1-11-5-6-13-15(9-11)22-18(17-14(20)3-2-4-16(17)25)23-19(13)24-8-7-12(21)10-24/h2-5,8,11,14-15,29H,6-7,9-10,12H2,1H3,(H,25,30);2-6,9,12,25H,7-8,10,21H2,1H3/t15-;12-/m11/s1. The summed E-state index contributed by atoms with van der Waals surface area (Å²) >= 11 is 0. The number of phenolic OH excluding ortho intramolecular Hbond substituents is 2. The lowest BCUT2D eigenvalue weighted by atomic mass is 10.1. The highest BCUT2D eigenvalue weighted by atomic mass is 19.1. The number of nitrogens with zero attached hydrogens (tertiary/aromatic N) is 6. The van der Waals surface area contributed by atoms with Crippen LogP contribution in [0.3, 0.4) is 0 Å². The Morgan fingerprint density at radius 3 is 1.69 bits per heavy atom. The quantitative estimate of drug-likeness (QED) is 0.148. The number of nitrogens with one attached hydrogen (secondary N) is 1. The first kappa shape index (κ1) is 36.0. The van der Waals surface area contributed by atoms with Crippen LogP contribution in [0.5, 0.6) is 11.5 Å². The van der Waals surface area contributed by atoms with Crippen molar-refractivity contribution < 1.29 is 23.8 Å². The number of amides is 1. The van der Waals surface area contributed by atoms with E-state index in [9.17, 15) is 23.8 Å². The molecule has 1 amide bonds. The first-order chi connectivity index (χ1) is 26.5. The minimum atomic E-state index is -0.566. The molecule has 11 nitrogen and oxygen atoms in total. The Labute approximate surface area is 316 Å². The van der Waals surface area contributed by atoms with Gasteiger partial charge in [0.2, 0.25) is 5.91 Å². The van der Waals surface area contributed by atoms with Crippen LogP contribution in [0.1, 0.15) is 36.8 Å². The number of halogens is 2. The minimum absolute atomic E-state index is 0.0000563. The summed E-state index contributed by atoms with van der Waals surface area (Å²) in [5.41, 5.74) is 9.58. The van der Waals surface area contributed by atoms with E-state index in [1.807, 2.05) is 50.2 Å². The molecule has 1 aliphatic carbocycles. The summed E-state index contributed by atoms with van der Waals surface area (Å²) in [4.78, 5) is 34.7. The smallest absolute Gasteiger partial charge is 0.223 e. The Hall–Kier alpha value is -5.95. The maximum absolute atomic E-state index is 14.5. The monoisotopic (exact) mass is 744 g/mol. The van der Waals surface area contributed by atoms with Gasteiger partial charge in [0.15, 0.2) is 11.6 Å². The fourth-order valence-electron chi connectivity index (χ4n) is 7.33. The summed E-state index contributed by atoms with van der Waals surface area (Å²) < 4.78 is 28.8. The number of rotatable bonds is 6. The molecule has 2 saturated heterocycles. The molecule has 55 heavy (non-hydrogen) atoms. The fourth-order valence-corrected chi connectivity index (χ4v) is 7.33. The van der Waals surface area contributed by atoms with Crippen LogP contribution in [0.25, 0.3) is 44.6 Å². The Bertz CT molecular complexity index is 2400. The predicted molar refractivity (Wildman–Crippen MR) is 209 cm³/mol. The second kappa shape index (κ2) is 14.7. The van der Waals surface area contributed by atoms with Crippen molar-refractivity contribution in [2.75, 3.05) is 36.0 Å². The highest BCUT2D eigenvalue weighted by Crippen LogP contribution is 2.37. The first-order valence-corrected chi connectivity index (χ1v) is 18.6. The molecule has 3 fully saturated rings. The highest BCUT2D eigenvalue weighted by Gasteiger charge is 2.34. The molecule has 4 heterocycles. The number of aromatic hydroxyl groups is 2. The molecule has 0 bridgehead atoms. The van der Waals surface area contributed by atoms with Crippen LogP contribution in [-0.4, -0.2) is 74.3 Å². The van der Waals surface area contributed by atoms with Gasteiger partial charge < -0.3 is 31.1 Å². The van der Waals surface area contributed by atoms with Crippen LogP contribution in [0.4, 0.5) is 20.4 Å². The second-order valence-corrected chi connectivity index (χ2v) is 14.8. The number of carbonyl (C=O) groups excluding carboxylic acids is 1. The zero-order valence-corrected chi connectivity index (χ0v) is 30.6. The number of carbonyl (C=O) groups is 1. The van der Waals surface area contributed by atoms with Crippen LogP contribution in [0.15, 0.2) is 72.8 Å². The molecule has 0 unspecified atom stereocenters. The highest BCUT2D eigenvalue weighted by molar-refractivity contribution is 5.93. The Morgan fingerprint density at radius 2 is 1.22 bits per heavy atom. The molecule has 2 atom stereocenters. The van der Waals surface area contributed by atoms with Crippen LogP contribution in [-0.2, 0) is 4.79 Å². The molecule has 5 N–H and O–H groups in total. The van der Waals surface area contributed by atoms with Gasteiger partial charge in [-0.1, -0.05) is 24.3 Å². The molecule has 9 rings (SSSR count). The molecule has 2 aliphatic heterocycles. The van der Waals surface area contributed by atoms with E-state index in [2.05, 4.69) is 35.1 Å². The van der Waals surface area contributed by atoms with E-state index in [-0.39, 0.29) is 58.2 Å². The molecule has 282 valence electrons. The number of phenols is 2. The molecule has 6 aromatic rings. The summed E-state index contributed by atoms with van der Waals surface area (Å²) in [6.45, 7) is 6.82. The molecular weight excluding hydrogens is 703 g/mol. The van der Waals surface area contributed by atoms with Gasteiger partial charge in [0, 0.05) is 55.0 Å². The summed E-state index contributed by atoms with van der Waals surface area (Å²) in [5, 5.41) is 25.3. The van der Waals surface area contributed by atoms with E-state index in [1.165, 1.54) is 36.4 Å². The number of aryl methyl sites for hydroxylation is 2. The van der Waals surface area contributed by atoms with Crippen molar-refractivity contribution in [2.24, 2.45) is 11.7 Å². The zero-order chi connectivity index (χ0) is 38.4. The van der Waals surface area contributed by atoms with Crippen LogP contribution >= 0.6 is 0 Å². The largest absolute Gasteiger partial charge is 0.507 e. The normalized spacial score (nSPS) is 18.1. The summed E-state index contributed by atoms with van der Waals surface area (Å²) in [5.74, 6) is 0.615. The SMILES string of the molecule is Cc1ccc2c(N3CC[C@@H](N)C3)nc(-c3c(O)cccc3F)nc2c1.Cc1ccc2c(N3CC[C@@H](NC(=O)C4CC4)C3)nc(-c3c(O)cccc3F)nc2c1. The Morgan fingerprint density at radius 1 is 0.709 bits per heavy atom. The van der Waals surface area contributed by atoms with Gasteiger partial charge >= 0.3 is 0 Å². The predicted octanol–water partition coefficient (Wildman–Crippen LogP) is 6.54. The molecular formula is C42H42F2N8O3. The topological polar surface area (TPSA) is 154 Å². The summed E-state index contributed by atoms with van der Waals surface area (Å²) in [6.07, 6.45) is 3.68. The molecule has 0 spiro atoms.